The van der Waals surface area contributed by atoms with Crippen LogP contribution < -0.4 is 5.32 Å². The highest BCUT2D eigenvalue weighted by Gasteiger charge is 2.23. The minimum absolute atomic E-state index is 0.235. The molecule has 27 heavy (non-hydrogen) atoms. The Morgan fingerprint density at radius 3 is 2.48 bits per heavy atom. The molecule has 3 rings (SSSR count). The van der Waals surface area contributed by atoms with Crippen LogP contribution in [0, 0.1) is 0 Å². The molecule has 0 aliphatic carbocycles. The van der Waals surface area contributed by atoms with E-state index in [1.165, 1.54) is 7.11 Å². The van der Waals surface area contributed by atoms with Gasteiger partial charge in [-0.25, -0.2) is 4.79 Å². The standard InChI is InChI=1S/C20H16Br2N2O3/c1-27-20(26)18(24-19(25)13-8-14(21)10-15(22)9-13)11-16-7-6-12-4-2-3-5-17(12)23-16/h2-10,18H,11H2,1H3,(H,24,25)/t18-/m1/s1. The number of halogens is 2. The summed E-state index contributed by atoms with van der Waals surface area (Å²) in [6, 6.07) is 15.9. The molecule has 7 heteroatoms. The summed E-state index contributed by atoms with van der Waals surface area (Å²) in [5, 5.41) is 3.75. The number of rotatable bonds is 5. The van der Waals surface area contributed by atoms with Crippen LogP contribution in [0.15, 0.2) is 63.5 Å². The lowest BCUT2D eigenvalue weighted by atomic mass is 10.1. The molecule has 1 N–H and O–H groups in total. The number of esters is 1. The fourth-order valence-corrected chi connectivity index (χ4v) is 3.99. The maximum Gasteiger partial charge on any atom is 0.328 e. The van der Waals surface area contributed by atoms with Crippen molar-refractivity contribution >= 4 is 54.6 Å². The molecule has 138 valence electrons. The second-order valence-electron chi connectivity index (χ2n) is 5.91. The SMILES string of the molecule is COC(=O)[C@@H](Cc1ccc2ccccc2n1)NC(=O)c1cc(Br)cc(Br)c1. The van der Waals surface area contributed by atoms with Crippen LogP contribution in [0.3, 0.4) is 0 Å². The highest BCUT2D eigenvalue weighted by Crippen LogP contribution is 2.20. The summed E-state index contributed by atoms with van der Waals surface area (Å²) in [4.78, 5) is 29.4. The maximum absolute atomic E-state index is 12.6. The second-order valence-corrected chi connectivity index (χ2v) is 7.74. The van der Waals surface area contributed by atoms with Crippen LogP contribution in [-0.4, -0.2) is 30.0 Å². The molecule has 1 heterocycles. The van der Waals surface area contributed by atoms with Crippen LogP contribution >= 0.6 is 31.9 Å². The van der Waals surface area contributed by atoms with E-state index < -0.39 is 12.0 Å². The Morgan fingerprint density at radius 2 is 1.78 bits per heavy atom. The van der Waals surface area contributed by atoms with Gasteiger partial charge in [-0.05, 0) is 30.3 Å². The zero-order valence-electron chi connectivity index (χ0n) is 14.4. The molecule has 0 saturated carbocycles. The molecule has 1 amide bonds. The Bertz CT molecular complexity index is 987. The Kier molecular flexibility index (Phi) is 6.23. The van der Waals surface area contributed by atoms with Crippen molar-refractivity contribution < 1.29 is 14.3 Å². The van der Waals surface area contributed by atoms with Gasteiger partial charge in [0.15, 0.2) is 0 Å². The van der Waals surface area contributed by atoms with Crippen LogP contribution in [0.1, 0.15) is 16.1 Å². The molecular weight excluding hydrogens is 476 g/mol. The Morgan fingerprint density at radius 1 is 1.07 bits per heavy atom. The van der Waals surface area contributed by atoms with Gasteiger partial charge in [0.1, 0.15) is 6.04 Å². The van der Waals surface area contributed by atoms with Crippen LogP contribution in [0.2, 0.25) is 0 Å². The molecule has 0 spiro atoms. The highest BCUT2D eigenvalue weighted by atomic mass is 79.9. The lowest BCUT2D eigenvalue weighted by Gasteiger charge is -2.17. The topological polar surface area (TPSA) is 68.3 Å². The number of fused-ring (bicyclic) bond motifs is 1. The minimum Gasteiger partial charge on any atom is -0.467 e. The van der Waals surface area contributed by atoms with Gasteiger partial charge >= 0.3 is 5.97 Å². The van der Waals surface area contributed by atoms with Crippen molar-refractivity contribution in [3.8, 4) is 0 Å². The van der Waals surface area contributed by atoms with Gasteiger partial charge in [0.05, 0.1) is 12.6 Å². The third-order valence-corrected chi connectivity index (χ3v) is 4.90. The number of methoxy groups -OCH3 is 1. The third kappa shape index (κ3) is 4.93. The van der Waals surface area contributed by atoms with E-state index in [4.69, 9.17) is 4.74 Å². The van der Waals surface area contributed by atoms with Crippen molar-refractivity contribution in [2.24, 2.45) is 0 Å². The van der Waals surface area contributed by atoms with Crippen LogP contribution in [0.5, 0.6) is 0 Å². The number of hydrogen-bond donors (Lipinski definition) is 1. The van der Waals surface area contributed by atoms with Gasteiger partial charge in [-0.15, -0.1) is 0 Å². The fraction of sp³-hybridized carbons (Fsp3) is 0.150. The quantitative estimate of drug-likeness (QED) is 0.541. The predicted molar refractivity (Wildman–Crippen MR) is 111 cm³/mol. The van der Waals surface area contributed by atoms with Gasteiger partial charge in [0.25, 0.3) is 5.91 Å². The summed E-state index contributed by atoms with van der Waals surface area (Å²) < 4.78 is 6.37. The number of ether oxygens (including phenoxy) is 1. The summed E-state index contributed by atoms with van der Waals surface area (Å²) in [6.45, 7) is 0. The molecule has 0 fully saturated rings. The van der Waals surface area contributed by atoms with Crippen molar-refractivity contribution in [1.82, 2.24) is 10.3 Å². The van der Waals surface area contributed by atoms with E-state index in [9.17, 15) is 9.59 Å². The first-order valence-electron chi connectivity index (χ1n) is 8.16. The molecule has 2 aromatic carbocycles. The molecule has 0 bridgehead atoms. The van der Waals surface area contributed by atoms with Crippen molar-refractivity contribution in [3.63, 3.8) is 0 Å². The van der Waals surface area contributed by atoms with Gasteiger partial charge in [0.2, 0.25) is 0 Å². The fourth-order valence-electron chi connectivity index (χ4n) is 2.69. The number of amides is 1. The smallest absolute Gasteiger partial charge is 0.328 e. The largest absolute Gasteiger partial charge is 0.467 e. The normalized spacial score (nSPS) is 11.8. The molecule has 0 aliphatic rings. The van der Waals surface area contributed by atoms with Gasteiger partial charge in [-0.3, -0.25) is 9.78 Å². The van der Waals surface area contributed by atoms with Gasteiger partial charge in [-0.2, -0.15) is 0 Å². The molecule has 0 saturated heterocycles. The second kappa shape index (κ2) is 8.63. The Balaban J connectivity index is 1.82. The van der Waals surface area contributed by atoms with Gasteiger partial charge in [0, 0.05) is 32.0 Å². The first kappa shape index (κ1) is 19.5. The number of benzene rings is 2. The average Bonchev–Trinajstić information content (AvgIpc) is 2.66. The van der Waals surface area contributed by atoms with Crippen LogP contribution in [-0.2, 0) is 16.0 Å². The van der Waals surface area contributed by atoms with Crippen LogP contribution in [0.25, 0.3) is 10.9 Å². The van der Waals surface area contributed by atoms with E-state index in [2.05, 4.69) is 42.2 Å². The number of hydrogen-bond acceptors (Lipinski definition) is 4. The molecule has 5 nitrogen and oxygen atoms in total. The van der Waals surface area contributed by atoms with Crippen LogP contribution in [0.4, 0.5) is 0 Å². The Labute approximate surface area is 173 Å². The number of nitrogens with zero attached hydrogens (tertiary/aromatic N) is 1. The van der Waals surface area contributed by atoms with E-state index in [0.717, 1.165) is 19.8 Å². The summed E-state index contributed by atoms with van der Waals surface area (Å²) in [7, 11) is 1.30. The van der Waals surface area contributed by atoms with Crippen molar-refractivity contribution in [2.45, 2.75) is 12.5 Å². The summed E-state index contributed by atoms with van der Waals surface area (Å²) in [6.07, 6.45) is 0.235. The highest BCUT2D eigenvalue weighted by molar-refractivity contribution is 9.11. The van der Waals surface area contributed by atoms with Gasteiger partial charge < -0.3 is 10.1 Å². The van der Waals surface area contributed by atoms with E-state index in [-0.39, 0.29) is 12.3 Å². The minimum atomic E-state index is -0.839. The Hall–Kier alpha value is -2.25. The third-order valence-electron chi connectivity index (χ3n) is 3.99. The number of pyridine rings is 1. The lowest BCUT2D eigenvalue weighted by molar-refractivity contribution is -0.142. The van der Waals surface area contributed by atoms with E-state index >= 15 is 0 Å². The molecule has 0 radical (unpaired) electrons. The van der Waals surface area contributed by atoms with Crippen molar-refractivity contribution in [3.05, 3.63) is 74.8 Å². The summed E-state index contributed by atoms with van der Waals surface area (Å²) in [5.41, 5.74) is 1.96. The number of aromatic nitrogens is 1. The number of carbonyl (C=O) groups excluding carboxylic acids is 2. The molecular formula is C20H16Br2N2O3. The lowest BCUT2D eigenvalue weighted by Crippen LogP contribution is -2.43. The molecule has 0 unspecified atom stereocenters. The molecule has 1 aromatic heterocycles. The number of carbonyl (C=O) groups is 2. The van der Waals surface area contributed by atoms with Crippen molar-refractivity contribution in [2.75, 3.05) is 7.11 Å². The van der Waals surface area contributed by atoms with E-state index in [0.29, 0.717) is 11.3 Å². The number of nitrogens with one attached hydrogen (secondary N) is 1. The zero-order chi connectivity index (χ0) is 19.4. The average molecular weight is 492 g/mol. The van der Waals surface area contributed by atoms with E-state index in [1.807, 2.05) is 42.5 Å². The monoisotopic (exact) mass is 490 g/mol. The first-order chi connectivity index (χ1) is 13.0. The zero-order valence-corrected chi connectivity index (χ0v) is 17.6. The maximum atomic E-state index is 12.6. The molecule has 0 aliphatic heterocycles. The summed E-state index contributed by atoms with van der Waals surface area (Å²) in [5.74, 6) is -0.888. The molecule has 1 atom stereocenters. The predicted octanol–water partition coefficient (Wildman–Crippen LogP) is 4.27. The number of para-hydroxylation sites is 1. The first-order valence-corrected chi connectivity index (χ1v) is 9.74. The molecule has 3 aromatic rings. The summed E-state index contributed by atoms with van der Waals surface area (Å²) >= 11 is 6.71. The van der Waals surface area contributed by atoms with E-state index in [1.54, 1.807) is 12.1 Å². The van der Waals surface area contributed by atoms with Crippen molar-refractivity contribution in [1.29, 1.82) is 0 Å². The van der Waals surface area contributed by atoms with Gasteiger partial charge in [-0.1, -0.05) is 56.1 Å².